The highest BCUT2D eigenvalue weighted by molar-refractivity contribution is 14.3. The molecule has 26 heteroatoms. The average Bonchev–Trinajstić information content (AvgIpc) is 3.81. The number of carbonyl (C=O) groups is 4. The van der Waals surface area contributed by atoms with Crippen LogP contribution >= 0.6 is 115 Å². The minimum absolute atomic E-state index is 0.0556. The molecule has 0 unspecified atom stereocenters. The monoisotopic (exact) mass is 1280 g/mol. The van der Waals surface area contributed by atoms with Crippen molar-refractivity contribution in [2.24, 2.45) is 15.9 Å². The zero-order valence-electron chi connectivity index (χ0n) is 33.2. The molecular formula is C36H44Cl2F2I3N9O8S2. The lowest BCUT2D eigenvalue weighted by molar-refractivity contribution is -0.118. The molecule has 4 heterocycles. The summed E-state index contributed by atoms with van der Waals surface area (Å²) in [5.74, 6) is -0.977. The number of hydrazone groups is 2. The molecule has 0 aliphatic carbocycles. The predicted octanol–water partition coefficient (Wildman–Crippen LogP) is 7.17. The van der Waals surface area contributed by atoms with Crippen LogP contribution in [0.5, 0.6) is 0 Å². The summed E-state index contributed by atoms with van der Waals surface area (Å²) in [5.41, 5.74) is 6.96. The lowest BCUT2D eigenvalue weighted by Gasteiger charge is -2.27. The third-order valence-corrected chi connectivity index (χ3v) is 8.48. The number of cyclic esters (lactones) is 2. The number of aliphatic hydroxyl groups is 1. The van der Waals surface area contributed by atoms with Gasteiger partial charge in [-0.3, -0.25) is 19.4 Å². The first-order chi connectivity index (χ1) is 29.5. The number of thiocarbonyl (C=S) groups is 2. The van der Waals surface area contributed by atoms with Crippen LogP contribution in [0.2, 0.25) is 0 Å². The Morgan fingerprint density at radius 2 is 1.27 bits per heavy atom. The van der Waals surface area contributed by atoms with E-state index < -0.39 is 23.8 Å². The maximum absolute atomic E-state index is 14.6. The molecule has 6 rings (SSSR count). The van der Waals surface area contributed by atoms with Gasteiger partial charge in [-0.15, -0.1) is 0 Å². The van der Waals surface area contributed by atoms with Crippen molar-refractivity contribution in [1.82, 2.24) is 10.0 Å². The van der Waals surface area contributed by atoms with Crippen molar-refractivity contribution in [3.05, 3.63) is 48.0 Å². The molecule has 0 radical (unpaired) electrons. The van der Waals surface area contributed by atoms with E-state index in [4.69, 9.17) is 60.5 Å². The molecule has 17 nitrogen and oxygen atoms in total. The van der Waals surface area contributed by atoms with E-state index in [1.165, 1.54) is 44.6 Å². The molecule has 2 atom stereocenters. The van der Waals surface area contributed by atoms with Crippen LogP contribution in [-0.4, -0.2) is 133 Å². The van der Waals surface area contributed by atoms with Gasteiger partial charge in [-0.2, -0.15) is 10.2 Å². The number of carbonyl (C=O) groups excluding carboxylic acids is 4. The Kier molecular flexibility index (Phi) is 26.6. The predicted molar refractivity (Wildman–Crippen MR) is 271 cm³/mol. The van der Waals surface area contributed by atoms with E-state index in [-0.39, 0.29) is 29.1 Å². The molecule has 3 N–H and O–H groups in total. The van der Waals surface area contributed by atoms with Gasteiger partial charge in [0.15, 0.2) is 8.83 Å². The van der Waals surface area contributed by atoms with Gasteiger partial charge < -0.3 is 34.9 Å². The van der Waals surface area contributed by atoms with Crippen molar-refractivity contribution < 1.29 is 47.3 Å². The molecule has 2 fully saturated rings. The fraction of sp³-hybridized carbons (Fsp3) is 0.444. The first kappa shape index (κ1) is 55.5. The number of nitrogens with zero attached hydrogens (tertiary/aromatic N) is 8. The normalized spacial score (nSPS) is 17.6. The van der Waals surface area contributed by atoms with Gasteiger partial charge in [0.05, 0.1) is 55.5 Å². The number of rotatable bonds is 11. The van der Waals surface area contributed by atoms with Gasteiger partial charge in [0.1, 0.15) is 36.5 Å². The highest BCUT2D eigenvalue weighted by Crippen LogP contribution is 2.30. The Bertz CT molecular complexity index is 1880. The fourth-order valence-corrected chi connectivity index (χ4v) is 5.71. The van der Waals surface area contributed by atoms with Gasteiger partial charge in [0, 0.05) is 32.7 Å². The number of halogens is 7. The number of amides is 4. The number of ether oxygens (including phenoxy) is 3. The minimum atomic E-state index is -0.534. The van der Waals surface area contributed by atoms with E-state index >= 15 is 0 Å². The molecule has 2 aromatic rings. The SMILES string of the molecule is CCO.CCOC(=S)CC[C@H]1CN(c2ccc(N3C=NN(C=O)CC3)c(F)c2)C(=O)O1.IC(I)I.NC[C@H]1CN(c2ccc(N3C=NN(C=O)CC3)c(F)c2)C(=O)O1.S=C(Cl)Cl. The second-order valence-corrected chi connectivity index (χ2v) is 25.4. The summed E-state index contributed by atoms with van der Waals surface area (Å²) in [6, 6.07) is 9.01. The van der Waals surface area contributed by atoms with Gasteiger partial charge in [-0.25, -0.2) is 28.4 Å². The van der Waals surface area contributed by atoms with Crippen LogP contribution in [0, 0.1) is 11.6 Å². The van der Waals surface area contributed by atoms with Crippen molar-refractivity contribution in [1.29, 1.82) is 0 Å². The van der Waals surface area contributed by atoms with Gasteiger partial charge in [0.2, 0.25) is 12.8 Å². The number of hydrogen-bond acceptors (Lipinski definition) is 15. The van der Waals surface area contributed by atoms with E-state index in [1.54, 1.807) is 41.0 Å². The summed E-state index contributed by atoms with van der Waals surface area (Å²) < 4.78 is 45.3. The van der Waals surface area contributed by atoms with Gasteiger partial charge in [0.25, 0.3) is 0 Å². The molecular weight excluding hydrogens is 1240 g/mol. The van der Waals surface area contributed by atoms with E-state index in [2.05, 4.69) is 90.2 Å². The second-order valence-electron chi connectivity index (χ2n) is 12.3. The summed E-state index contributed by atoms with van der Waals surface area (Å²) in [6.45, 7) is 6.74. The molecule has 4 amide bonds. The van der Waals surface area contributed by atoms with Gasteiger partial charge in [-0.1, -0.05) is 103 Å². The smallest absolute Gasteiger partial charge is 0.414 e. The molecule has 2 saturated heterocycles. The summed E-state index contributed by atoms with van der Waals surface area (Å²) in [7, 11) is 0. The quantitative estimate of drug-likeness (QED) is 0.0759. The maximum atomic E-state index is 14.6. The van der Waals surface area contributed by atoms with Crippen molar-refractivity contribution in [2.75, 3.05) is 78.6 Å². The Morgan fingerprint density at radius 3 is 1.60 bits per heavy atom. The topological polar surface area (TPSA) is 186 Å². The van der Waals surface area contributed by atoms with E-state index in [1.807, 2.05) is 6.92 Å². The zero-order chi connectivity index (χ0) is 46.4. The summed E-state index contributed by atoms with van der Waals surface area (Å²) in [5, 5.41) is 18.3. The van der Waals surface area contributed by atoms with Crippen molar-refractivity contribution >= 4 is 185 Å². The molecule has 62 heavy (non-hydrogen) atoms. The van der Waals surface area contributed by atoms with Crippen LogP contribution < -0.4 is 25.3 Å². The number of benzene rings is 2. The van der Waals surface area contributed by atoms with Crippen molar-refractivity contribution in [3.63, 3.8) is 0 Å². The number of alkyl halides is 3. The Balaban J connectivity index is 0.000000349. The van der Waals surface area contributed by atoms with Crippen LogP contribution in [0.1, 0.15) is 26.7 Å². The molecule has 0 saturated carbocycles. The molecule has 0 spiro atoms. The van der Waals surface area contributed by atoms with Crippen LogP contribution in [0.3, 0.4) is 0 Å². The summed E-state index contributed by atoms with van der Waals surface area (Å²) in [4.78, 5) is 51.2. The van der Waals surface area contributed by atoms with Crippen molar-refractivity contribution in [2.45, 2.75) is 38.8 Å². The first-order valence-electron chi connectivity index (χ1n) is 18.4. The number of aliphatic hydroxyl groups excluding tert-OH is 1. The molecule has 0 bridgehead atoms. The van der Waals surface area contributed by atoms with E-state index in [9.17, 15) is 28.0 Å². The summed E-state index contributed by atoms with van der Waals surface area (Å²) >= 11 is 25.6. The molecule has 4 aliphatic heterocycles. The minimum Gasteiger partial charge on any atom is -0.487 e. The Morgan fingerprint density at radius 1 is 0.871 bits per heavy atom. The Labute approximate surface area is 419 Å². The lowest BCUT2D eigenvalue weighted by atomic mass is 10.2. The van der Waals surface area contributed by atoms with Crippen molar-refractivity contribution in [3.8, 4) is 0 Å². The van der Waals surface area contributed by atoms with Gasteiger partial charge >= 0.3 is 12.2 Å². The van der Waals surface area contributed by atoms with Crippen LogP contribution in [0.4, 0.5) is 41.1 Å². The third kappa shape index (κ3) is 19.2. The van der Waals surface area contributed by atoms with Gasteiger partial charge in [-0.05, 0) is 68.9 Å². The number of anilines is 4. The molecule has 342 valence electrons. The van der Waals surface area contributed by atoms with E-state index in [0.29, 0.717) is 99.3 Å². The lowest BCUT2D eigenvalue weighted by Crippen LogP contribution is -2.37. The average molecular weight is 1280 g/mol. The van der Waals surface area contributed by atoms with E-state index in [0.717, 1.165) is -0.0619 Å². The first-order valence-corrected chi connectivity index (χ1v) is 23.7. The standard InChI is InChI=1S/C18H21FN4O4S.C14H16FN5O3.C2H6O.CCl2S.CHI3/c1-2-26-17(28)6-4-14-10-23(18(25)27-14)13-3-5-16(15(19)9-13)21-7-8-22(12-24)20-11-21;15-12-5-10(20-7-11(6-16)23-14(20)22)1-2-13(12)18-3-4-19(9-21)17-8-18;1-2-3;2*2-1(3)4/h3,5,9,11-12,14H,2,4,6-8,10H2,1H3;1-2,5,8-9,11H,3-4,6-7,16H2;3H,2H2,1H3;;1H/t14-;11-;;;/m00.../s1. The fourth-order valence-electron chi connectivity index (χ4n) is 5.48. The Hall–Kier alpha value is -2.61. The second kappa shape index (κ2) is 29.8. The third-order valence-electron chi connectivity index (χ3n) is 8.15. The number of hydrogen-bond donors (Lipinski definition) is 2. The largest absolute Gasteiger partial charge is 0.487 e. The van der Waals surface area contributed by atoms with Crippen LogP contribution in [0.25, 0.3) is 0 Å². The maximum Gasteiger partial charge on any atom is 0.414 e. The number of nitrogens with two attached hydrogens (primary N) is 1. The highest BCUT2D eigenvalue weighted by atomic mass is 127. The molecule has 2 aromatic carbocycles. The highest BCUT2D eigenvalue weighted by Gasteiger charge is 2.34. The van der Waals surface area contributed by atoms with Crippen LogP contribution in [0.15, 0.2) is 46.6 Å². The molecule has 4 aliphatic rings. The molecule has 0 aromatic heterocycles. The zero-order valence-corrected chi connectivity index (χ0v) is 42.8. The van der Waals surface area contributed by atoms with Crippen LogP contribution in [-0.2, 0) is 23.8 Å². The summed E-state index contributed by atoms with van der Waals surface area (Å²) in [6.07, 6.45) is 3.35.